The van der Waals surface area contributed by atoms with E-state index >= 15 is 0 Å². The highest BCUT2D eigenvalue weighted by Crippen LogP contribution is 1.93. The number of hydrogen-bond donors (Lipinski definition) is 1. The molecule has 0 aromatic heterocycles. The molecular weight excluding hydrogens is 216 g/mol. The average molecular weight is 238 g/mol. The molecule has 1 N–H and O–H groups in total. The van der Waals surface area contributed by atoms with Gasteiger partial charge in [0.25, 0.3) is 5.91 Å². The lowest BCUT2D eigenvalue weighted by Gasteiger charge is -2.23. The second kappa shape index (κ2) is 7.68. The van der Waals surface area contributed by atoms with E-state index in [2.05, 4.69) is 33.2 Å². The molecule has 4 nitrogen and oxygen atoms in total. The summed E-state index contributed by atoms with van der Waals surface area (Å²) in [6, 6.07) is 0. The number of carbonyl (C=O) groups excluding carboxylic acids is 1. The monoisotopic (exact) mass is 237 g/mol. The summed E-state index contributed by atoms with van der Waals surface area (Å²) in [6.45, 7) is 6.69. The molecule has 1 amide bonds. The first-order valence-corrected chi connectivity index (χ1v) is 4.71. The van der Waals surface area contributed by atoms with Crippen LogP contribution in [0.1, 0.15) is 13.3 Å². The summed E-state index contributed by atoms with van der Waals surface area (Å²) >= 11 is 0. The minimum atomic E-state index is -0.254. The Bertz CT molecular complexity index is 212. The van der Waals surface area contributed by atoms with E-state index in [4.69, 9.17) is 4.84 Å². The van der Waals surface area contributed by atoms with Gasteiger partial charge in [0.2, 0.25) is 0 Å². The van der Waals surface area contributed by atoms with Crippen LogP contribution in [0.2, 0.25) is 0 Å². The van der Waals surface area contributed by atoms with Gasteiger partial charge in [-0.05, 0) is 6.92 Å². The van der Waals surface area contributed by atoms with Gasteiger partial charge in [-0.2, -0.15) is 0 Å². The summed E-state index contributed by atoms with van der Waals surface area (Å²) in [5, 5.41) is 0. The van der Waals surface area contributed by atoms with Crippen LogP contribution in [0.5, 0.6) is 0 Å². The topological polar surface area (TPSA) is 38.3 Å². The summed E-state index contributed by atoms with van der Waals surface area (Å²) in [5.41, 5.74) is 2.78. The van der Waals surface area contributed by atoms with Crippen LogP contribution in [0, 0.1) is 0 Å². The van der Waals surface area contributed by atoms with Gasteiger partial charge in [-0.15, -0.1) is 12.4 Å². The molecule has 0 bridgehead atoms. The first kappa shape index (κ1) is 16.8. The van der Waals surface area contributed by atoms with Crippen molar-refractivity contribution in [2.24, 2.45) is 0 Å². The first-order valence-electron chi connectivity index (χ1n) is 4.71. The third-order valence-electron chi connectivity index (χ3n) is 1.63. The molecule has 0 saturated carbocycles. The number of rotatable bonds is 6. The maximum Gasteiger partial charge on any atom is 0.269 e. The van der Waals surface area contributed by atoms with Crippen LogP contribution in [-0.4, -0.2) is 44.7 Å². The number of halogens is 1. The molecule has 0 aromatic carbocycles. The Morgan fingerprint density at radius 3 is 2.33 bits per heavy atom. The van der Waals surface area contributed by atoms with Gasteiger partial charge in [0.1, 0.15) is 0 Å². The lowest BCUT2D eigenvalue weighted by atomic mass is 10.3. The Balaban J connectivity index is 0. The molecule has 0 heterocycles. The highest BCUT2D eigenvalue weighted by atomic mass is 35.5. The van der Waals surface area contributed by atoms with Crippen LogP contribution in [0.4, 0.5) is 0 Å². The molecule has 0 atom stereocenters. The number of hydroxylamine groups is 1. The fraction of sp³-hybridized carbons (Fsp3) is 0.700. The number of quaternary nitrogens is 1. The summed E-state index contributed by atoms with van der Waals surface area (Å²) < 4.78 is 0.901. The van der Waals surface area contributed by atoms with E-state index in [1.54, 1.807) is 6.92 Å². The molecule has 0 aliphatic carbocycles. The molecule has 0 aromatic rings. The average Bonchev–Trinajstić information content (AvgIpc) is 2.01. The Labute approximate surface area is 98.2 Å². The molecule has 0 spiro atoms. The van der Waals surface area contributed by atoms with Gasteiger partial charge >= 0.3 is 0 Å². The van der Waals surface area contributed by atoms with Crippen LogP contribution in [0.15, 0.2) is 12.2 Å². The third kappa shape index (κ3) is 11.3. The van der Waals surface area contributed by atoms with Gasteiger partial charge in [0.05, 0.1) is 34.3 Å². The Morgan fingerprint density at radius 1 is 1.40 bits per heavy atom. The van der Waals surface area contributed by atoms with Crippen molar-refractivity contribution in [1.82, 2.24) is 5.48 Å². The Kier molecular flexibility index (Phi) is 8.62. The Morgan fingerprint density at radius 2 is 1.93 bits per heavy atom. The van der Waals surface area contributed by atoms with Crippen molar-refractivity contribution in [1.29, 1.82) is 0 Å². The molecule has 90 valence electrons. The van der Waals surface area contributed by atoms with Crippen molar-refractivity contribution in [3.05, 3.63) is 12.2 Å². The SMILES string of the molecule is C=C(C)C(=O)NOCCC[N+](C)(C)C.Cl. The van der Waals surface area contributed by atoms with E-state index in [-0.39, 0.29) is 18.3 Å². The van der Waals surface area contributed by atoms with Gasteiger partial charge in [0.15, 0.2) is 0 Å². The molecule has 0 fully saturated rings. The summed E-state index contributed by atoms with van der Waals surface area (Å²) in [5.74, 6) is -0.254. The second-order valence-corrected chi connectivity index (χ2v) is 4.43. The normalized spacial score (nSPS) is 10.4. The highest BCUT2D eigenvalue weighted by molar-refractivity contribution is 5.91. The second-order valence-electron chi connectivity index (χ2n) is 4.43. The van der Waals surface area contributed by atoms with Crippen LogP contribution in [0.3, 0.4) is 0 Å². The lowest BCUT2D eigenvalue weighted by molar-refractivity contribution is -0.870. The summed E-state index contributed by atoms with van der Waals surface area (Å²) in [7, 11) is 6.35. The molecule has 5 heteroatoms. The molecule has 0 rings (SSSR count). The molecule has 0 unspecified atom stereocenters. The maximum atomic E-state index is 11.0. The predicted molar refractivity (Wildman–Crippen MR) is 63.7 cm³/mol. The van der Waals surface area contributed by atoms with Crippen molar-refractivity contribution in [3.8, 4) is 0 Å². The van der Waals surface area contributed by atoms with E-state index < -0.39 is 0 Å². The van der Waals surface area contributed by atoms with Crippen molar-refractivity contribution in [2.45, 2.75) is 13.3 Å². The fourth-order valence-electron chi connectivity index (χ4n) is 0.815. The molecule has 0 radical (unpaired) electrons. The molecule has 0 aliphatic heterocycles. The Hall–Kier alpha value is -0.580. The largest absolute Gasteiger partial charge is 0.331 e. The zero-order valence-corrected chi connectivity index (χ0v) is 10.8. The molecule has 0 aliphatic rings. The number of hydrogen-bond acceptors (Lipinski definition) is 2. The molecule has 15 heavy (non-hydrogen) atoms. The van der Waals surface area contributed by atoms with Gasteiger partial charge in [-0.3, -0.25) is 9.63 Å². The minimum Gasteiger partial charge on any atom is -0.331 e. The zero-order chi connectivity index (χ0) is 11.2. The van der Waals surface area contributed by atoms with Crippen molar-refractivity contribution >= 4 is 18.3 Å². The first-order chi connectivity index (χ1) is 6.33. The molecule has 0 saturated heterocycles. The smallest absolute Gasteiger partial charge is 0.269 e. The van der Waals surface area contributed by atoms with Crippen molar-refractivity contribution in [3.63, 3.8) is 0 Å². The molecular formula is C10H22ClN2O2+. The van der Waals surface area contributed by atoms with Crippen molar-refractivity contribution in [2.75, 3.05) is 34.3 Å². The van der Waals surface area contributed by atoms with Gasteiger partial charge < -0.3 is 4.48 Å². The van der Waals surface area contributed by atoms with E-state index in [0.717, 1.165) is 17.4 Å². The highest BCUT2D eigenvalue weighted by Gasteiger charge is 2.06. The van der Waals surface area contributed by atoms with Crippen LogP contribution in [-0.2, 0) is 9.63 Å². The fourth-order valence-corrected chi connectivity index (χ4v) is 0.815. The number of carbonyl (C=O) groups is 1. The zero-order valence-electron chi connectivity index (χ0n) is 10.0. The van der Waals surface area contributed by atoms with E-state index in [1.165, 1.54) is 0 Å². The van der Waals surface area contributed by atoms with Gasteiger partial charge in [-0.25, -0.2) is 5.48 Å². The predicted octanol–water partition coefficient (Wildman–Crippen LogP) is 1.13. The van der Waals surface area contributed by atoms with Crippen LogP contribution < -0.4 is 5.48 Å². The standard InChI is InChI=1S/C10H20N2O2.ClH/c1-9(2)10(13)11-14-8-6-7-12(3,4)5;/h1,6-8H2,2-5H3;1H/p+1. The summed E-state index contributed by atoms with van der Waals surface area (Å²) in [4.78, 5) is 15.9. The maximum absolute atomic E-state index is 11.0. The van der Waals surface area contributed by atoms with Crippen LogP contribution in [0.25, 0.3) is 0 Å². The minimum absolute atomic E-state index is 0. The third-order valence-corrected chi connectivity index (χ3v) is 1.63. The van der Waals surface area contributed by atoms with E-state index in [0.29, 0.717) is 12.2 Å². The van der Waals surface area contributed by atoms with E-state index in [9.17, 15) is 4.79 Å². The van der Waals surface area contributed by atoms with E-state index in [1.807, 2.05) is 0 Å². The number of nitrogens with one attached hydrogen (secondary N) is 1. The quantitative estimate of drug-likeness (QED) is 0.326. The van der Waals surface area contributed by atoms with Gasteiger partial charge in [-0.1, -0.05) is 6.58 Å². The number of amides is 1. The van der Waals surface area contributed by atoms with Crippen LogP contribution >= 0.6 is 12.4 Å². The van der Waals surface area contributed by atoms with Crippen molar-refractivity contribution < 1.29 is 14.1 Å². The number of nitrogens with zero attached hydrogens (tertiary/aromatic N) is 1. The summed E-state index contributed by atoms with van der Waals surface area (Å²) in [6.07, 6.45) is 0.917. The lowest BCUT2D eigenvalue weighted by Crippen LogP contribution is -2.36. The van der Waals surface area contributed by atoms with Gasteiger partial charge in [0, 0.05) is 12.0 Å².